The summed E-state index contributed by atoms with van der Waals surface area (Å²) in [5, 5.41) is 13.0. The molecule has 0 spiro atoms. The number of anilines is 1. The summed E-state index contributed by atoms with van der Waals surface area (Å²) in [5.41, 5.74) is 2.25. The third-order valence-electron chi connectivity index (χ3n) is 5.74. The van der Waals surface area contributed by atoms with Crippen LogP contribution in [0.3, 0.4) is 0 Å². The van der Waals surface area contributed by atoms with E-state index < -0.39 is 11.9 Å². The standard InChI is InChI=1S/C27H19Cl2N3O5/c28-17-3-1-2-16(10-17)22-13-30-14-25(31-22)32-26(33)15-4-6-18(7-5-15)37-24-12-23-20(11-21(24)29)19(27(34)35)8-9-36-23/h1-7,10-14,19H,8-9H2,(H,34,35)(H,31,32,33). The molecule has 1 amide bonds. The summed E-state index contributed by atoms with van der Waals surface area (Å²) in [6.07, 6.45) is 3.42. The third-order valence-corrected chi connectivity index (χ3v) is 6.27. The minimum absolute atomic E-state index is 0.260. The summed E-state index contributed by atoms with van der Waals surface area (Å²) in [6.45, 7) is 0.293. The van der Waals surface area contributed by atoms with Crippen molar-refractivity contribution in [1.29, 1.82) is 0 Å². The quantitative estimate of drug-likeness (QED) is 0.292. The summed E-state index contributed by atoms with van der Waals surface area (Å²) in [7, 11) is 0. The molecule has 37 heavy (non-hydrogen) atoms. The van der Waals surface area contributed by atoms with Gasteiger partial charge in [-0.15, -0.1) is 0 Å². The maximum Gasteiger partial charge on any atom is 0.311 e. The first kappa shape index (κ1) is 24.5. The normalized spacial score (nSPS) is 14.3. The van der Waals surface area contributed by atoms with E-state index in [9.17, 15) is 14.7 Å². The summed E-state index contributed by atoms with van der Waals surface area (Å²) >= 11 is 12.4. The van der Waals surface area contributed by atoms with Crippen LogP contribution in [0.2, 0.25) is 10.0 Å². The Labute approximate surface area is 221 Å². The highest BCUT2D eigenvalue weighted by Crippen LogP contribution is 2.41. The maximum atomic E-state index is 12.8. The van der Waals surface area contributed by atoms with Crippen LogP contribution in [0.5, 0.6) is 17.2 Å². The van der Waals surface area contributed by atoms with E-state index in [-0.39, 0.29) is 10.9 Å². The fourth-order valence-electron chi connectivity index (χ4n) is 3.93. The number of benzene rings is 3. The highest BCUT2D eigenvalue weighted by atomic mass is 35.5. The van der Waals surface area contributed by atoms with Crippen LogP contribution in [0, 0.1) is 0 Å². The van der Waals surface area contributed by atoms with Crippen molar-refractivity contribution in [1.82, 2.24) is 9.97 Å². The van der Waals surface area contributed by atoms with Crippen LogP contribution in [-0.4, -0.2) is 33.6 Å². The summed E-state index contributed by atoms with van der Waals surface area (Å²) < 4.78 is 11.5. The van der Waals surface area contributed by atoms with Crippen LogP contribution in [0.4, 0.5) is 5.82 Å². The van der Waals surface area contributed by atoms with E-state index in [1.54, 1.807) is 54.7 Å². The summed E-state index contributed by atoms with van der Waals surface area (Å²) in [6, 6.07) is 16.8. The van der Waals surface area contributed by atoms with Gasteiger partial charge in [0.1, 0.15) is 17.2 Å². The number of amides is 1. The SMILES string of the molecule is O=C(Nc1cncc(-c2cccc(Cl)c2)n1)c1ccc(Oc2cc3c(cc2Cl)C(C(=O)O)CCO3)cc1. The lowest BCUT2D eigenvalue weighted by atomic mass is 9.93. The minimum atomic E-state index is -0.926. The molecule has 1 aliphatic rings. The topological polar surface area (TPSA) is 111 Å². The van der Waals surface area contributed by atoms with Crippen molar-refractivity contribution in [3.05, 3.63) is 94.2 Å². The molecule has 1 aromatic heterocycles. The van der Waals surface area contributed by atoms with Gasteiger partial charge in [-0.05, 0) is 48.9 Å². The molecule has 2 N–H and O–H groups in total. The number of carboxylic acids is 1. The fourth-order valence-corrected chi connectivity index (χ4v) is 4.33. The van der Waals surface area contributed by atoms with E-state index in [0.717, 1.165) is 5.56 Å². The van der Waals surface area contributed by atoms with Gasteiger partial charge in [0.25, 0.3) is 5.91 Å². The first-order chi connectivity index (χ1) is 17.9. The molecule has 5 rings (SSSR count). The number of nitrogens with one attached hydrogen (secondary N) is 1. The molecule has 0 saturated heterocycles. The molecule has 186 valence electrons. The van der Waals surface area contributed by atoms with Crippen molar-refractivity contribution in [3.8, 4) is 28.5 Å². The number of ether oxygens (including phenoxy) is 2. The lowest BCUT2D eigenvalue weighted by molar-refractivity contribution is -0.139. The highest BCUT2D eigenvalue weighted by Gasteiger charge is 2.29. The second kappa shape index (κ2) is 10.5. The Morgan fingerprint density at radius 3 is 2.62 bits per heavy atom. The molecule has 0 bridgehead atoms. The lowest BCUT2D eigenvalue weighted by Crippen LogP contribution is -2.20. The second-order valence-electron chi connectivity index (χ2n) is 8.23. The molecule has 0 aliphatic carbocycles. The number of halogens is 2. The average molecular weight is 536 g/mol. The van der Waals surface area contributed by atoms with Crippen LogP contribution in [0.25, 0.3) is 11.3 Å². The number of carbonyl (C=O) groups excluding carboxylic acids is 1. The number of rotatable bonds is 6. The summed E-state index contributed by atoms with van der Waals surface area (Å²) in [5.74, 6) is -0.500. The van der Waals surface area contributed by atoms with Crippen LogP contribution >= 0.6 is 23.2 Å². The monoisotopic (exact) mass is 535 g/mol. The molecular weight excluding hydrogens is 517 g/mol. The van der Waals surface area contributed by atoms with E-state index in [2.05, 4.69) is 15.3 Å². The Morgan fingerprint density at radius 2 is 1.86 bits per heavy atom. The molecule has 2 heterocycles. The van der Waals surface area contributed by atoms with Gasteiger partial charge in [-0.1, -0.05) is 35.3 Å². The van der Waals surface area contributed by atoms with Gasteiger partial charge in [0.2, 0.25) is 0 Å². The van der Waals surface area contributed by atoms with Gasteiger partial charge in [0.15, 0.2) is 5.82 Å². The largest absolute Gasteiger partial charge is 0.493 e. The Balaban J connectivity index is 1.28. The molecule has 1 aliphatic heterocycles. The molecule has 0 radical (unpaired) electrons. The van der Waals surface area contributed by atoms with Crippen molar-refractivity contribution in [2.75, 3.05) is 11.9 Å². The Hall–Kier alpha value is -4.14. The molecule has 1 atom stereocenters. The van der Waals surface area contributed by atoms with Crippen LogP contribution in [0.15, 0.2) is 73.1 Å². The molecule has 1 unspecified atom stereocenters. The van der Waals surface area contributed by atoms with E-state index >= 15 is 0 Å². The van der Waals surface area contributed by atoms with Gasteiger partial charge >= 0.3 is 5.97 Å². The number of carbonyl (C=O) groups is 2. The summed E-state index contributed by atoms with van der Waals surface area (Å²) in [4.78, 5) is 32.9. The molecule has 4 aromatic rings. The number of nitrogens with zero attached hydrogens (tertiary/aromatic N) is 2. The van der Waals surface area contributed by atoms with Gasteiger partial charge in [-0.3, -0.25) is 14.6 Å². The number of aromatic nitrogens is 2. The second-order valence-corrected chi connectivity index (χ2v) is 9.07. The molecule has 0 saturated carbocycles. The predicted molar refractivity (Wildman–Crippen MR) is 139 cm³/mol. The maximum absolute atomic E-state index is 12.8. The van der Waals surface area contributed by atoms with Gasteiger partial charge in [-0.25, -0.2) is 4.98 Å². The number of fused-ring (bicyclic) bond motifs is 1. The average Bonchev–Trinajstić information content (AvgIpc) is 2.89. The molecular formula is C27H19Cl2N3O5. The zero-order chi connectivity index (χ0) is 25.9. The minimum Gasteiger partial charge on any atom is -0.493 e. The Kier molecular flexibility index (Phi) is 6.94. The van der Waals surface area contributed by atoms with E-state index in [4.69, 9.17) is 32.7 Å². The van der Waals surface area contributed by atoms with Crippen LogP contribution < -0.4 is 14.8 Å². The van der Waals surface area contributed by atoms with Crippen LogP contribution in [-0.2, 0) is 4.79 Å². The number of hydrogen-bond acceptors (Lipinski definition) is 6. The number of aliphatic carboxylic acids is 1. The molecule has 3 aromatic carbocycles. The first-order valence-corrected chi connectivity index (χ1v) is 12.0. The van der Waals surface area contributed by atoms with E-state index in [1.807, 2.05) is 12.1 Å². The first-order valence-electron chi connectivity index (χ1n) is 11.2. The van der Waals surface area contributed by atoms with Crippen molar-refractivity contribution >= 4 is 40.9 Å². The number of carboxylic acid groups (broad SMARTS) is 1. The fraction of sp³-hybridized carbons (Fsp3) is 0.111. The Bertz CT molecular complexity index is 1490. The molecule has 10 heteroatoms. The predicted octanol–water partition coefficient (Wildman–Crippen LogP) is 6.45. The van der Waals surface area contributed by atoms with Crippen LogP contribution in [0.1, 0.15) is 28.3 Å². The number of hydrogen-bond donors (Lipinski definition) is 2. The Morgan fingerprint density at radius 1 is 1.05 bits per heavy atom. The zero-order valence-electron chi connectivity index (χ0n) is 19.2. The van der Waals surface area contributed by atoms with Crippen molar-refractivity contribution in [2.24, 2.45) is 0 Å². The van der Waals surface area contributed by atoms with E-state index in [1.165, 1.54) is 6.20 Å². The van der Waals surface area contributed by atoms with Crippen molar-refractivity contribution in [3.63, 3.8) is 0 Å². The highest BCUT2D eigenvalue weighted by molar-refractivity contribution is 6.32. The lowest BCUT2D eigenvalue weighted by Gasteiger charge is -2.24. The smallest absolute Gasteiger partial charge is 0.311 e. The van der Waals surface area contributed by atoms with Gasteiger partial charge < -0.3 is 19.9 Å². The molecule has 8 nitrogen and oxygen atoms in total. The van der Waals surface area contributed by atoms with E-state index in [0.29, 0.717) is 57.9 Å². The third kappa shape index (κ3) is 5.50. The molecule has 0 fully saturated rings. The van der Waals surface area contributed by atoms with Gasteiger partial charge in [0, 0.05) is 27.8 Å². The zero-order valence-corrected chi connectivity index (χ0v) is 20.7. The van der Waals surface area contributed by atoms with Crippen molar-refractivity contribution in [2.45, 2.75) is 12.3 Å². The van der Waals surface area contributed by atoms with Gasteiger partial charge in [0.05, 0.1) is 35.6 Å². The van der Waals surface area contributed by atoms with Crippen molar-refractivity contribution < 1.29 is 24.2 Å². The van der Waals surface area contributed by atoms with Gasteiger partial charge in [-0.2, -0.15) is 0 Å².